The molecule has 0 heterocycles. The number of ether oxygens (including phenoxy) is 2. The number of hydrogen-bond donors (Lipinski definition) is 1. The van der Waals surface area contributed by atoms with Gasteiger partial charge in [-0.3, -0.25) is 0 Å². The maximum Gasteiger partial charge on any atom is 0.138 e. The highest BCUT2D eigenvalue weighted by Gasteiger charge is 2.25. The topological polar surface area (TPSA) is 38.7 Å². The van der Waals surface area contributed by atoms with Crippen LogP contribution in [0.2, 0.25) is 0 Å². The monoisotopic (exact) mass is 458 g/mol. The minimum Gasteiger partial charge on any atom is -0.506 e. The van der Waals surface area contributed by atoms with Crippen molar-refractivity contribution in [1.82, 2.24) is 0 Å². The molecule has 0 saturated carbocycles. The summed E-state index contributed by atoms with van der Waals surface area (Å²) >= 11 is 0. The smallest absolute Gasteiger partial charge is 0.138 e. The highest BCUT2D eigenvalue weighted by atomic mass is 16.5. The van der Waals surface area contributed by atoms with Crippen LogP contribution in [0.25, 0.3) is 44.5 Å². The second kappa shape index (κ2) is 9.78. The van der Waals surface area contributed by atoms with Crippen molar-refractivity contribution in [3.63, 3.8) is 0 Å². The van der Waals surface area contributed by atoms with Gasteiger partial charge in [-0.25, -0.2) is 0 Å². The van der Waals surface area contributed by atoms with E-state index < -0.39 is 0 Å². The first-order valence-corrected chi connectivity index (χ1v) is 11.5. The molecular weight excluding hydrogens is 432 g/mol. The van der Waals surface area contributed by atoms with Gasteiger partial charge < -0.3 is 14.6 Å². The lowest BCUT2D eigenvalue weighted by atomic mass is 9.88. The molecule has 35 heavy (non-hydrogen) atoms. The number of benzene rings is 5. The Kier molecular flexibility index (Phi) is 6.23. The number of hydrogen-bond acceptors (Lipinski definition) is 3. The van der Waals surface area contributed by atoms with Crippen molar-refractivity contribution < 1.29 is 14.6 Å². The summed E-state index contributed by atoms with van der Waals surface area (Å²) in [5, 5.41) is 11.9. The van der Waals surface area contributed by atoms with E-state index in [9.17, 15) is 5.11 Å². The van der Waals surface area contributed by atoms with Crippen LogP contribution in [0.15, 0.2) is 115 Å². The van der Waals surface area contributed by atoms with Gasteiger partial charge in [0.15, 0.2) is 0 Å². The molecule has 0 fully saturated rings. The second-order valence-electron chi connectivity index (χ2n) is 8.20. The first kappa shape index (κ1) is 22.3. The van der Waals surface area contributed by atoms with Crippen LogP contribution in [-0.2, 0) is 0 Å². The van der Waals surface area contributed by atoms with Gasteiger partial charge in [-0.1, -0.05) is 109 Å². The summed E-state index contributed by atoms with van der Waals surface area (Å²) in [6, 6.07) is 38.3. The zero-order chi connectivity index (χ0) is 24.2. The van der Waals surface area contributed by atoms with E-state index in [1.165, 1.54) is 0 Å². The average Bonchev–Trinajstić information content (AvgIpc) is 2.93. The Hall–Kier alpha value is -4.50. The van der Waals surface area contributed by atoms with E-state index in [1.54, 1.807) is 14.2 Å². The molecule has 0 atom stereocenters. The van der Waals surface area contributed by atoms with Crippen LogP contribution in [0, 0.1) is 0 Å². The molecule has 0 bridgehead atoms. The van der Waals surface area contributed by atoms with Gasteiger partial charge in [0, 0.05) is 6.07 Å². The van der Waals surface area contributed by atoms with Crippen LogP contribution >= 0.6 is 0 Å². The Morgan fingerprint density at radius 2 is 0.800 bits per heavy atom. The molecule has 0 saturated heterocycles. The molecule has 0 spiro atoms. The first-order chi connectivity index (χ1) is 17.2. The summed E-state index contributed by atoms with van der Waals surface area (Å²) < 4.78 is 11.6. The lowest BCUT2D eigenvalue weighted by Crippen LogP contribution is -1.97. The fraction of sp³-hybridized carbons (Fsp3) is 0.0625. The van der Waals surface area contributed by atoms with Crippen LogP contribution in [0.4, 0.5) is 0 Å². The minimum absolute atomic E-state index is 0.118. The summed E-state index contributed by atoms with van der Waals surface area (Å²) in [6.45, 7) is 0. The quantitative estimate of drug-likeness (QED) is 0.279. The van der Waals surface area contributed by atoms with Gasteiger partial charge in [-0.2, -0.15) is 0 Å². The summed E-state index contributed by atoms with van der Waals surface area (Å²) in [7, 11) is 3.22. The van der Waals surface area contributed by atoms with Gasteiger partial charge in [0.25, 0.3) is 0 Å². The summed E-state index contributed by atoms with van der Waals surface area (Å²) in [6.07, 6.45) is 0. The molecule has 0 aliphatic heterocycles. The van der Waals surface area contributed by atoms with Gasteiger partial charge in [0.1, 0.15) is 17.2 Å². The fourth-order valence-corrected chi connectivity index (χ4v) is 4.61. The first-order valence-electron chi connectivity index (χ1n) is 11.5. The molecule has 3 heteroatoms. The lowest BCUT2D eigenvalue weighted by Gasteiger charge is -2.21. The Labute approximate surface area is 205 Å². The zero-order valence-corrected chi connectivity index (χ0v) is 19.7. The van der Waals surface area contributed by atoms with Gasteiger partial charge in [0.05, 0.1) is 25.3 Å². The van der Waals surface area contributed by atoms with Crippen LogP contribution in [0.3, 0.4) is 0 Å². The van der Waals surface area contributed by atoms with E-state index in [-0.39, 0.29) is 5.75 Å². The molecule has 5 aromatic carbocycles. The molecule has 5 aromatic rings. The highest BCUT2D eigenvalue weighted by molar-refractivity contribution is 5.98. The van der Waals surface area contributed by atoms with Crippen molar-refractivity contribution in [2.75, 3.05) is 14.2 Å². The maximum absolute atomic E-state index is 11.9. The molecule has 3 nitrogen and oxygen atoms in total. The standard InChI is InChI=1S/C32H26O3/c1-34-28-21-29(35-2)31(27-20-12-10-18-25(27)23-15-7-4-8-16-23)32(33)30(28)26-19-11-9-17-24(26)22-13-5-3-6-14-22/h3-21,33H,1-2H3. The molecule has 0 radical (unpaired) electrons. The normalized spacial score (nSPS) is 10.7. The minimum atomic E-state index is 0.118. The zero-order valence-electron chi connectivity index (χ0n) is 19.7. The third-order valence-electron chi connectivity index (χ3n) is 6.23. The number of aromatic hydroxyl groups is 1. The fourth-order valence-electron chi connectivity index (χ4n) is 4.61. The molecule has 5 rings (SSSR count). The van der Waals surface area contributed by atoms with Crippen LogP contribution in [0.1, 0.15) is 0 Å². The third kappa shape index (κ3) is 4.13. The number of phenolic OH excluding ortho intramolecular Hbond substituents is 1. The van der Waals surface area contributed by atoms with E-state index in [4.69, 9.17) is 9.47 Å². The highest BCUT2D eigenvalue weighted by Crippen LogP contribution is 2.52. The Bertz CT molecular complexity index is 1350. The van der Waals surface area contributed by atoms with Gasteiger partial charge in [-0.15, -0.1) is 0 Å². The van der Waals surface area contributed by atoms with Crippen LogP contribution < -0.4 is 9.47 Å². The van der Waals surface area contributed by atoms with Gasteiger partial charge in [0.2, 0.25) is 0 Å². The largest absolute Gasteiger partial charge is 0.506 e. The number of methoxy groups -OCH3 is 2. The molecule has 0 unspecified atom stereocenters. The van der Waals surface area contributed by atoms with Crippen molar-refractivity contribution in [1.29, 1.82) is 0 Å². The van der Waals surface area contributed by atoms with Gasteiger partial charge >= 0.3 is 0 Å². The van der Waals surface area contributed by atoms with Crippen molar-refractivity contribution in [3.8, 4) is 61.8 Å². The molecule has 0 aromatic heterocycles. The van der Waals surface area contributed by atoms with E-state index in [0.717, 1.165) is 33.4 Å². The van der Waals surface area contributed by atoms with Crippen LogP contribution in [0.5, 0.6) is 17.2 Å². The van der Waals surface area contributed by atoms with Crippen molar-refractivity contribution in [3.05, 3.63) is 115 Å². The molecule has 0 amide bonds. The van der Waals surface area contributed by atoms with E-state index in [0.29, 0.717) is 22.6 Å². The van der Waals surface area contributed by atoms with Gasteiger partial charge in [-0.05, 0) is 33.4 Å². The number of rotatable bonds is 6. The predicted octanol–water partition coefficient (Wildman–Crippen LogP) is 8.08. The molecule has 1 N–H and O–H groups in total. The SMILES string of the molecule is COc1cc(OC)c(-c2ccccc2-c2ccccc2)c(O)c1-c1ccccc1-c1ccccc1. The maximum atomic E-state index is 11.9. The van der Waals surface area contributed by atoms with E-state index in [2.05, 4.69) is 36.4 Å². The predicted molar refractivity (Wildman–Crippen MR) is 143 cm³/mol. The summed E-state index contributed by atoms with van der Waals surface area (Å²) in [5.41, 5.74) is 7.17. The Morgan fingerprint density at radius 1 is 0.457 bits per heavy atom. The van der Waals surface area contributed by atoms with Crippen LogP contribution in [-0.4, -0.2) is 19.3 Å². The Balaban J connectivity index is 1.82. The van der Waals surface area contributed by atoms with Crippen molar-refractivity contribution >= 4 is 0 Å². The summed E-state index contributed by atoms with van der Waals surface area (Å²) in [5.74, 6) is 1.21. The third-order valence-corrected chi connectivity index (χ3v) is 6.23. The Morgan fingerprint density at radius 3 is 1.17 bits per heavy atom. The van der Waals surface area contributed by atoms with Crippen molar-refractivity contribution in [2.24, 2.45) is 0 Å². The van der Waals surface area contributed by atoms with Crippen molar-refractivity contribution in [2.45, 2.75) is 0 Å². The molecule has 0 aliphatic carbocycles. The molecule has 172 valence electrons. The lowest BCUT2D eigenvalue weighted by molar-refractivity contribution is 0.388. The molecular formula is C32H26O3. The summed E-state index contributed by atoms with van der Waals surface area (Å²) in [4.78, 5) is 0. The second-order valence-corrected chi connectivity index (χ2v) is 8.20. The van der Waals surface area contributed by atoms with E-state index >= 15 is 0 Å². The molecule has 0 aliphatic rings. The van der Waals surface area contributed by atoms with E-state index in [1.807, 2.05) is 78.9 Å². The average molecular weight is 459 g/mol. The number of phenols is 1.